The second-order valence-electron chi connectivity index (χ2n) is 7.29. The van der Waals surface area contributed by atoms with Crippen LogP contribution in [0, 0.1) is 10.1 Å². The number of non-ortho nitro benzene ring substituents is 1. The molecule has 3 rings (SSSR count). The molecule has 10 heteroatoms. The van der Waals surface area contributed by atoms with Crippen LogP contribution in [0.15, 0.2) is 77.7 Å². The van der Waals surface area contributed by atoms with Gasteiger partial charge in [-0.15, -0.1) is 11.8 Å². The zero-order chi connectivity index (χ0) is 24.7. The molecule has 9 nitrogen and oxygen atoms in total. The average Bonchev–Trinajstić information content (AvgIpc) is 2.81. The van der Waals surface area contributed by atoms with Gasteiger partial charge in [-0.25, -0.2) is 0 Å². The standard InChI is InChI=1S/C24H22N4O5S/c1-15(23(30)26-19-8-6-18(7-9-19)25-16(2)29)34-22-12-10-20(11-13-22)27-24(31)17-4-3-5-21(14-17)28(32)33/h3-15H,1-2H3,(H,25,29)(H,26,30)(H,27,31). The van der Waals surface area contributed by atoms with Crippen molar-refractivity contribution < 1.29 is 19.3 Å². The van der Waals surface area contributed by atoms with Gasteiger partial charge in [-0.2, -0.15) is 0 Å². The Bertz CT molecular complexity index is 1210. The summed E-state index contributed by atoms with van der Waals surface area (Å²) in [5, 5.41) is 18.7. The van der Waals surface area contributed by atoms with Crippen LogP contribution in [0.3, 0.4) is 0 Å². The molecule has 1 atom stereocenters. The summed E-state index contributed by atoms with van der Waals surface area (Å²) in [6.07, 6.45) is 0. The summed E-state index contributed by atoms with van der Waals surface area (Å²) in [4.78, 5) is 47.1. The molecule has 174 valence electrons. The lowest BCUT2D eigenvalue weighted by Gasteiger charge is -2.13. The van der Waals surface area contributed by atoms with Crippen LogP contribution in [-0.4, -0.2) is 27.9 Å². The first-order valence-electron chi connectivity index (χ1n) is 10.2. The van der Waals surface area contributed by atoms with Crippen molar-refractivity contribution in [2.45, 2.75) is 24.0 Å². The van der Waals surface area contributed by atoms with Gasteiger partial charge < -0.3 is 16.0 Å². The lowest BCUT2D eigenvalue weighted by atomic mass is 10.2. The Morgan fingerprint density at radius 3 is 2.00 bits per heavy atom. The first kappa shape index (κ1) is 24.5. The highest BCUT2D eigenvalue weighted by Crippen LogP contribution is 2.26. The van der Waals surface area contributed by atoms with Crippen molar-refractivity contribution in [2.75, 3.05) is 16.0 Å². The fourth-order valence-corrected chi connectivity index (χ4v) is 3.79. The van der Waals surface area contributed by atoms with E-state index in [0.717, 1.165) is 4.90 Å². The van der Waals surface area contributed by atoms with Crippen LogP contribution in [0.2, 0.25) is 0 Å². The molecule has 0 fully saturated rings. The third-order valence-electron chi connectivity index (χ3n) is 4.59. The van der Waals surface area contributed by atoms with Crippen LogP contribution in [-0.2, 0) is 9.59 Å². The zero-order valence-electron chi connectivity index (χ0n) is 18.4. The smallest absolute Gasteiger partial charge is 0.270 e. The number of thioether (sulfide) groups is 1. The van der Waals surface area contributed by atoms with E-state index in [1.165, 1.54) is 43.0 Å². The predicted octanol–water partition coefficient (Wildman–Crippen LogP) is 4.92. The van der Waals surface area contributed by atoms with Gasteiger partial charge in [0.05, 0.1) is 10.2 Å². The first-order chi connectivity index (χ1) is 16.2. The number of nitrogens with zero attached hydrogens (tertiary/aromatic N) is 1. The highest BCUT2D eigenvalue weighted by Gasteiger charge is 2.15. The minimum atomic E-state index is -0.555. The maximum atomic E-state index is 12.5. The lowest BCUT2D eigenvalue weighted by molar-refractivity contribution is -0.384. The molecule has 0 radical (unpaired) electrons. The fourth-order valence-electron chi connectivity index (χ4n) is 2.92. The maximum Gasteiger partial charge on any atom is 0.270 e. The normalized spacial score (nSPS) is 11.2. The molecule has 0 aliphatic heterocycles. The molecule has 0 saturated carbocycles. The minimum absolute atomic E-state index is 0.157. The Hall–Kier alpha value is -4.18. The van der Waals surface area contributed by atoms with Crippen LogP contribution in [0.1, 0.15) is 24.2 Å². The van der Waals surface area contributed by atoms with Crippen LogP contribution in [0.5, 0.6) is 0 Å². The van der Waals surface area contributed by atoms with Crippen molar-refractivity contribution in [3.63, 3.8) is 0 Å². The lowest BCUT2D eigenvalue weighted by Crippen LogP contribution is -2.22. The summed E-state index contributed by atoms with van der Waals surface area (Å²) in [6, 6.07) is 19.3. The second kappa shape index (κ2) is 11.1. The van der Waals surface area contributed by atoms with Gasteiger partial charge in [-0.3, -0.25) is 24.5 Å². The van der Waals surface area contributed by atoms with Gasteiger partial charge in [0.25, 0.3) is 11.6 Å². The van der Waals surface area contributed by atoms with Crippen molar-refractivity contribution >= 4 is 52.2 Å². The molecule has 34 heavy (non-hydrogen) atoms. The van der Waals surface area contributed by atoms with E-state index in [0.29, 0.717) is 17.1 Å². The Morgan fingerprint density at radius 2 is 1.41 bits per heavy atom. The van der Waals surface area contributed by atoms with Crippen molar-refractivity contribution in [1.29, 1.82) is 0 Å². The number of anilines is 3. The van der Waals surface area contributed by atoms with Crippen molar-refractivity contribution in [3.05, 3.63) is 88.5 Å². The van der Waals surface area contributed by atoms with E-state index < -0.39 is 10.8 Å². The van der Waals surface area contributed by atoms with E-state index in [4.69, 9.17) is 0 Å². The van der Waals surface area contributed by atoms with Gasteiger partial charge >= 0.3 is 0 Å². The van der Waals surface area contributed by atoms with Gasteiger partial charge in [-0.1, -0.05) is 6.07 Å². The van der Waals surface area contributed by atoms with Crippen LogP contribution in [0.4, 0.5) is 22.7 Å². The van der Waals surface area contributed by atoms with Crippen molar-refractivity contribution in [2.24, 2.45) is 0 Å². The zero-order valence-corrected chi connectivity index (χ0v) is 19.2. The summed E-state index contributed by atoms with van der Waals surface area (Å²) in [6.45, 7) is 3.20. The number of nitro groups is 1. The van der Waals surface area contributed by atoms with Gasteiger partial charge in [0.1, 0.15) is 0 Å². The van der Waals surface area contributed by atoms with E-state index in [2.05, 4.69) is 16.0 Å². The number of hydrogen-bond donors (Lipinski definition) is 3. The molecule has 3 amide bonds. The van der Waals surface area contributed by atoms with E-state index >= 15 is 0 Å². The predicted molar refractivity (Wildman–Crippen MR) is 132 cm³/mol. The summed E-state index contributed by atoms with van der Waals surface area (Å²) >= 11 is 1.35. The van der Waals surface area contributed by atoms with Crippen molar-refractivity contribution in [3.8, 4) is 0 Å². The summed E-state index contributed by atoms with van der Waals surface area (Å²) in [5.41, 5.74) is 1.81. The molecule has 3 aromatic rings. The first-order valence-corrected chi connectivity index (χ1v) is 11.1. The highest BCUT2D eigenvalue weighted by molar-refractivity contribution is 8.00. The molecule has 0 aliphatic carbocycles. The Balaban J connectivity index is 1.54. The minimum Gasteiger partial charge on any atom is -0.326 e. The summed E-state index contributed by atoms with van der Waals surface area (Å²) < 4.78 is 0. The fraction of sp³-hybridized carbons (Fsp3) is 0.125. The van der Waals surface area contributed by atoms with Gasteiger partial charge in [0.2, 0.25) is 11.8 Å². The van der Waals surface area contributed by atoms with E-state index in [1.807, 2.05) is 0 Å². The monoisotopic (exact) mass is 478 g/mol. The Labute approximate surface area is 200 Å². The third-order valence-corrected chi connectivity index (χ3v) is 5.70. The topological polar surface area (TPSA) is 130 Å². The molecule has 0 spiro atoms. The van der Waals surface area contributed by atoms with Crippen molar-refractivity contribution in [1.82, 2.24) is 0 Å². The third kappa shape index (κ3) is 6.91. The number of benzene rings is 3. The molecular formula is C24H22N4O5S. The van der Waals surface area contributed by atoms with E-state index in [-0.39, 0.29) is 28.3 Å². The number of hydrogen-bond acceptors (Lipinski definition) is 6. The van der Waals surface area contributed by atoms with Gasteiger partial charge in [-0.05, 0) is 61.5 Å². The molecule has 0 aromatic heterocycles. The number of amides is 3. The molecule has 3 N–H and O–H groups in total. The van der Waals surface area contributed by atoms with Gasteiger partial charge in [0.15, 0.2) is 0 Å². The molecule has 0 saturated heterocycles. The SMILES string of the molecule is CC(=O)Nc1ccc(NC(=O)C(C)Sc2ccc(NC(=O)c3cccc([N+](=O)[O-])c3)cc2)cc1. The average molecular weight is 479 g/mol. The van der Waals surface area contributed by atoms with E-state index in [9.17, 15) is 24.5 Å². The van der Waals surface area contributed by atoms with E-state index in [1.54, 1.807) is 55.5 Å². The maximum absolute atomic E-state index is 12.5. The van der Waals surface area contributed by atoms with Gasteiger partial charge in [0, 0.05) is 46.6 Å². The van der Waals surface area contributed by atoms with Crippen LogP contribution < -0.4 is 16.0 Å². The largest absolute Gasteiger partial charge is 0.326 e. The number of rotatable bonds is 8. The molecule has 1 unspecified atom stereocenters. The van der Waals surface area contributed by atoms with Crippen LogP contribution >= 0.6 is 11.8 Å². The number of nitro benzene ring substituents is 1. The molecule has 3 aromatic carbocycles. The quantitative estimate of drug-likeness (QED) is 0.239. The molecule has 0 bridgehead atoms. The number of carbonyl (C=O) groups excluding carboxylic acids is 3. The highest BCUT2D eigenvalue weighted by atomic mass is 32.2. The Morgan fingerprint density at radius 1 is 0.853 bits per heavy atom. The molecular weight excluding hydrogens is 456 g/mol. The molecule has 0 aliphatic rings. The number of carbonyl (C=O) groups is 3. The number of nitrogens with one attached hydrogen (secondary N) is 3. The summed E-state index contributed by atoms with van der Waals surface area (Å²) in [7, 11) is 0. The van der Waals surface area contributed by atoms with Crippen LogP contribution in [0.25, 0.3) is 0 Å². The summed E-state index contributed by atoms with van der Waals surface area (Å²) in [5.74, 6) is -0.807. The second-order valence-corrected chi connectivity index (χ2v) is 8.71. The molecule has 0 heterocycles. The Kier molecular flexibility index (Phi) is 7.99.